The van der Waals surface area contributed by atoms with Crippen molar-refractivity contribution in [1.82, 2.24) is 0 Å². The minimum atomic E-state index is -1.09. The van der Waals surface area contributed by atoms with Crippen LogP contribution in [-0.2, 0) is 9.59 Å². The number of ketones is 2. The van der Waals surface area contributed by atoms with Crippen molar-refractivity contribution in [1.29, 1.82) is 0 Å². The van der Waals surface area contributed by atoms with Crippen molar-refractivity contribution in [2.45, 2.75) is 70.5 Å². The molecule has 4 aliphatic carbocycles. The van der Waals surface area contributed by atoms with E-state index >= 15 is 0 Å². The number of aliphatic hydroxyl groups is 2. The fourth-order valence-electron chi connectivity index (χ4n) is 6.29. The summed E-state index contributed by atoms with van der Waals surface area (Å²) in [6.07, 6.45) is 5.29. The molecule has 6 atom stereocenters. The largest absolute Gasteiger partial charge is 0.392 e. The summed E-state index contributed by atoms with van der Waals surface area (Å²) in [7, 11) is 0. The Morgan fingerprint density at radius 2 is 1.87 bits per heavy atom. The number of hydrogen-bond donors (Lipinski definition) is 2. The Kier molecular flexibility index (Phi) is 3.07. The standard InChI is InChI=1S/C19H26O4/c1-17-6-3-12(20)9-11(17)10-14(21)16-13(17)4-7-18(2)15(22)5-8-19(16,18)23/h9,13-14,16,21,23H,3-8,10H2,1-2H3/t13-,14+,16-,17-,18+,19+/m0/s1. The molecule has 4 aliphatic rings. The van der Waals surface area contributed by atoms with Gasteiger partial charge in [-0.15, -0.1) is 0 Å². The van der Waals surface area contributed by atoms with Crippen molar-refractivity contribution >= 4 is 11.6 Å². The Morgan fingerprint density at radius 3 is 2.61 bits per heavy atom. The lowest BCUT2D eigenvalue weighted by molar-refractivity contribution is -0.204. The number of Topliss-reactive ketones (excluding diaryl/α,β-unsaturated/α-hetero) is 1. The molecule has 0 heterocycles. The average molecular weight is 318 g/mol. The van der Waals surface area contributed by atoms with Gasteiger partial charge in [0.25, 0.3) is 0 Å². The van der Waals surface area contributed by atoms with Gasteiger partial charge in [-0.3, -0.25) is 9.59 Å². The molecular formula is C19H26O4. The van der Waals surface area contributed by atoms with Crippen LogP contribution in [0.1, 0.15) is 58.8 Å². The summed E-state index contributed by atoms with van der Waals surface area (Å²) in [6.45, 7) is 4.08. The monoisotopic (exact) mass is 318 g/mol. The van der Waals surface area contributed by atoms with Gasteiger partial charge in [0.1, 0.15) is 5.78 Å². The highest BCUT2D eigenvalue weighted by molar-refractivity contribution is 5.92. The Labute approximate surface area is 137 Å². The molecule has 0 bridgehead atoms. The lowest BCUT2D eigenvalue weighted by atomic mass is 9.45. The topological polar surface area (TPSA) is 74.6 Å². The molecule has 0 aromatic heterocycles. The normalized spacial score (nSPS) is 52.5. The van der Waals surface area contributed by atoms with Crippen molar-refractivity contribution in [2.24, 2.45) is 22.7 Å². The summed E-state index contributed by atoms with van der Waals surface area (Å²) in [4.78, 5) is 24.2. The van der Waals surface area contributed by atoms with Crippen molar-refractivity contribution in [3.05, 3.63) is 11.6 Å². The van der Waals surface area contributed by atoms with Crippen molar-refractivity contribution < 1.29 is 19.8 Å². The van der Waals surface area contributed by atoms with E-state index in [0.29, 0.717) is 32.1 Å². The van der Waals surface area contributed by atoms with Crippen LogP contribution < -0.4 is 0 Å². The highest BCUT2D eigenvalue weighted by Gasteiger charge is 2.68. The third-order valence-electron chi connectivity index (χ3n) is 7.87. The second-order valence-electron chi connectivity index (χ2n) is 8.68. The maximum absolute atomic E-state index is 12.4. The van der Waals surface area contributed by atoms with Gasteiger partial charge in [-0.1, -0.05) is 12.5 Å². The van der Waals surface area contributed by atoms with Gasteiger partial charge >= 0.3 is 0 Å². The molecule has 126 valence electrons. The maximum atomic E-state index is 12.4. The van der Waals surface area contributed by atoms with Gasteiger partial charge < -0.3 is 10.2 Å². The smallest absolute Gasteiger partial charge is 0.155 e. The Balaban J connectivity index is 1.81. The summed E-state index contributed by atoms with van der Waals surface area (Å²) in [5.41, 5.74) is -0.876. The van der Waals surface area contributed by atoms with Gasteiger partial charge in [-0.05, 0) is 56.4 Å². The van der Waals surface area contributed by atoms with E-state index in [1.807, 2.05) is 6.92 Å². The van der Waals surface area contributed by atoms with Crippen molar-refractivity contribution in [3.63, 3.8) is 0 Å². The maximum Gasteiger partial charge on any atom is 0.155 e. The number of hydrogen-bond acceptors (Lipinski definition) is 4. The van der Waals surface area contributed by atoms with Gasteiger partial charge in [-0.25, -0.2) is 0 Å². The lowest BCUT2D eigenvalue weighted by Crippen LogP contribution is -2.64. The second kappa shape index (κ2) is 4.54. The Hall–Kier alpha value is -1.00. The number of fused-ring (bicyclic) bond motifs is 5. The molecule has 4 rings (SSSR count). The number of carbonyl (C=O) groups is 2. The number of aliphatic hydroxyl groups excluding tert-OH is 1. The van der Waals surface area contributed by atoms with E-state index < -0.39 is 17.1 Å². The third-order valence-corrected chi connectivity index (χ3v) is 7.87. The molecule has 4 heteroatoms. The van der Waals surface area contributed by atoms with Gasteiger partial charge in [0.05, 0.1) is 17.1 Å². The predicted octanol–water partition coefficient (Wildman–Crippen LogP) is 2.17. The number of rotatable bonds is 0. The molecule has 4 nitrogen and oxygen atoms in total. The second-order valence-corrected chi connectivity index (χ2v) is 8.68. The minimum Gasteiger partial charge on any atom is -0.392 e. The van der Waals surface area contributed by atoms with Crippen LogP contribution in [0.25, 0.3) is 0 Å². The van der Waals surface area contributed by atoms with Gasteiger partial charge in [0, 0.05) is 18.8 Å². The Morgan fingerprint density at radius 1 is 1.13 bits per heavy atom. The molecule has 3 saturated carbocycles. The predicted molar refractivity (Wildman–Crippen MR) is 84.6 cm³/mol. The number of carbonyl (C=O) groups excluding carboxylic acids is 2. The molecule has 0 saturated heterocycles. The van der Waals surface area contributed by atoms with Crippen LogP contribution in [0.5, 0.6) is 0 Å². The highest BCUT2D eigenvalue weighted by Crippen LogP contribution is 2.65. The van der Waals surface area contributed by atoms with Gasteiger partial charge in [-0.2, -0.15) is 0 Å². The molecule has 0 aromatic rings. The SMILES string of the molecule is C[C@]12CCC(=O)C=C1C[C@@H](O)[C@@H]1[C@@H]2CC[C@]2(C)C(=O)CC[C@@]12O. The summed E-state index contributed by atoms with van der Waals surface area (Å²) >= 11 is 0. The van der Waals surface area contributed by atoms with E-state index in [4.69, 9.17) is 0 Å². The molecule has 3 fully saturated rings. The van der Waals surface area contributed by atoms with Crippen molar-refractivity contribution in [2.75, 3.05) is 0 Å². The molecule has 2 N–H and O–H groups in total. The fraction of sp³-hybridized carbons (Fsp3) is 0.789. The molecule has 0 radical (unpaired) electrons. The summed E-state index contributed by atoms with van der Waals surface area (Å²) in [6, 6.07) is 0. The van der Waals surface area contributed by atoms with Crippen LogP contribution in [0.4, 0.5) is 0 Å². The Bertz CT molecular complexity index is 623. The first-order chi connectivity index (χ1) is 10.7. The van der Waals surface area contributed by atoms with Crippen LogP contribution >= 0.6 is 0 Å². The molecule has 0 aromatic carbocycles. The summed E-state index contributed by atoms with van der Waals surface area (Å²) in [5.74, 6) is 0.187. The highest BCUT2D eigenvalue weighted by atomic mass is 16.3. The van der Waals surface area contributed by atoms with Crippen LogP contribution in [0, 0.1) is 22.7 Å². The van der Waals surface area contributed by atoms with E-state index in [0.717, 1.165) is 18.4 Å². The molecule has 0 amide bonds. The van der Waals surface area contributed by atoms with E-state index in [1.165, 1.54) is 0 Å². The third kappa shape index (κ3) is 1.74. The fourth-order valence-corrected chi connectivity index (χ4v) is 6.29. The molecule has 0 spiro atoms. The van der Waals surface area contributed by atoms with Gasteiger partial charge in [0.15, 0.2) is 5.78 Å². The molecule has 0 aliphatic heterocycles. The van der Waals surface area contributed by atoms with Crippen LogP contribution in [0.2, 0.25) is 0 Å². The zero-order chi connectivity index (χ0) is 16.6. The summed E-state index contributed by atoms with van der Waals surface area (Å²) in [5, 5.41) is 22.3. The van der Waals surface area contributed by atoms with E-state index in [1.54, 1.807) is 6.08 Å². The van der Waals surface area contributed by atoms with Crippen LogP contribution in [-0.4, -0.2) is 33.5 Å². The molecular weight excluding hydrogens is 292 g/mol. The minimum absolute atomic E-state index is 0.124. The zero-order valence-corrected chi connectivity index (χ0v) is 14.0. The van der Waals surface area contributed by atoms with E-state index in [2.05, 4.69) is 6.92 Å². The molecule has 0 unspecified atom stereocenters. The van der Waals surface area contributed by atoms with E-state index in [9.17, 15) is 19.8 Å². The van der Waals surface area contributed by atoms with Crippen LogP contribution in [0.3, 0.4) is 0 Å². The first-order valence-corrected chi connectivity index (χ1v) is 8.90. The van der Waals surface area contributed by atoms with Crippen molar-refractivity contribution in [3.8, 4) is 0 Å². The van der Waals surface area contributed by atoms with Gasteiger partial charge in [0.2, 0.25) is 0 Å². The summed E-state index contributed by atoms with van der Waals surface area (Å²) < 4.78 is 0. The van der Waals surface area contributed by atoms with E-state index in [-0.39, 0.29) is 28.8 Å². The quantitative estimate of drug-likeness (QED) is 0.718. The average Bonchev–Trinajstić information content (AvgIpc) is 2.73. The first kappa shape index (κ1) is 15.5. The molecule has 23 heavy (non-hydrogen) atoms. The zero-order valence-electron chi connectivity index (χ0n) is 14.0. The lowest BCUT2D eigenvalue weighted by Gasteiger charge is -2.61. The van der Waals surface area contributed by atoms with Crippen LogP contribution in [0.15, 0.2) is 11.6 Å². The first-order valence-electron chi connectivity index (χ1n) is 8.90.